The van der Waals surface area contributed by atoms with Crippen LogP contribution in [-0.2, 0) is 18.6 Å². The van der Waals surface area contributed by atoms with Crippen molar-refractivity contribution in [2.24, 2.45) is 0 Å². The fraction of sp³-hybridized carbons (Fsp3) is 1.00. The van der Waals surface area contributed by atoms with Gasteiger partial charge < -0.3 is 14.0 Å². The van der Waals surface area contributed by atoms with Crippen LogP contribution in [0.5, 0.6) is 0 Å². The predicted octanol–water partition coefficient (Wildman–Crippen LogP) is 0.179. The molecular weight excluding hydrogens is 178 g/mol. The molecule has 1 rings (SSSR count). The first-order valence-corrected chi connectivity index (χ1v) is 4.37. The third-order valence-corrected chi connectivity index (χ3v) is 2.80. The maximum atomic E-state index is 11.0. The van der Waals surface area contributed by atoms with Crippen molar-refractivity contribution in [3.05, 3.63) is 0 Å². The third-order valence-electron chi connectivity index (χ3n) is 1.39. The van der Waals surface area contributed by atoms with Crippen molar-refractivity contribution in [2.75, 3.05) is 20.3 Å². The zero-order valence-electron chi connectivity index (χ0n) is 6.05. The van der Waals surface area contributed by atoms with Gasteiger partial charge in [0, 0.05) is 7.11 Å². The molecule has 0 aromatic carbocycles. The molecule has 1 aliphatic heterocycles. The van der Waals surface area contributed by atoms with E-state index >= 15 is 0 Å². The maximum absolute atomic E-state index is 11.0. The predicted molar refractivity (Wildman–Crippen MR) is 43.5 cm³/mol. The Bertz CT molecular complexity index is 145. The van der Waals surface area contributed by atoms with E-state index in [-0.39, 0.29) is 29.6 Å². The Balaban J connectivity index is 0.000001000. The van der Waals surface area contributed by atoms with Gasteiger partial charge in [-0.1, -0.05) is 0 Å². The SMILES string of the molecule is CO[PH](=O)C1(C)OCCO1.[NaH]. The van der Waals surface area contributed by atoms with Crippen molar-refractivity contribution in [1.29, 1.82) is 0 Å². The van der Waals surface area contributed by atoms with Crippen molar-refractivity contribution < 1.29 is 18.6 Å². The Morgan fingerprint density at radius 3 is 2.27 bits per heavy atom. The second-order valence-corrected chi connectivity index (χ2v) is 4.03. The van der Waals surface area contributed by atoms with Gasteiger partial charge in [0.15, 0.2) is 0 Å². The first-order valence-electron chi connectivity index (χ1n) is 3.05. The Morgan fingerprint density at radius 1 is 1.45 bits per heavy atom. The van der Waals surface area contributed by atoms with E-state index in [9.17, 15) is 4.57 Å². The topological polar surface area (TPSA) is 44.8 Å². The van der Waals surface area contributed by atoms with E-state index in [2.05, 4.69) is 4.52 Å². The molecule has 0 radical (unpaired) electrons. The molecule has 0 spiro atoms. The molecule has 0 bridgehead atoms. The number of hydrogen-bond donors (Lipinski definition) is 0. The molecule has 0 saturated carbocycles. The standard InChI is InChI=1S/C5H11O4P.Na.H/c1-5(10(6)7-2)8-3-4-9-5;;/h10H,3-4H2,1-2H3;;. The summed E-state index contributed by atoms with van der Waals surface area (Å²) in [6.45, 7) is 2.62. The Kier molecular flexibility index (Phi) is 5.48. The summed E-state index contributed by atoms with van der Waals surface area (Å²) in [6, 6.07) is 0. The van der Waals surface area contributed by atoms with E-state index in [1.807, 2.05) is 0 Å². The second-order valence-electron chi connectivity index (χ2n) is 2.13. The summed E-state index contributed by atoms with van der Waals surface area (Å²) in [5, 5.41) is 0. The minimum absolute atomic E-state index is 0. The molecule has 1 fully saturated rings. The molecule has 1 unspecified atom stereocenters. The van der Waals surface area contributed by atoms with Crippen LogP contribution >= 0.6 is 8.03 Å². The molecule has 6 heteroatoms. The molecule has 1 aliphatic rings. The van der Waals surface area contributed by atoms with Crippen LogP contribution in [0.3, 0.4) is 0 Å². The molecule has 1 saturated heterocycles. The average Bonchev–Trinajstić information content (AvgIpc) is 2.36. The summed E-state index contributed by atoms with van der Waals surface area (Å²) in [5.74, 6) is 0. The summed E-state index contributed by atoms with van der Waals surface area (Å²) in [7, 11) is -0.813. The molecule has 4 nitrogen and oxygen atoms in total. The summed E-state index contributed by atoms with van der Waals surface area (Å²) >= 11 is 0. The quantitative estimate of drug-likeness (QED) is 0.460. The molecular formula is C5H12NaO4P. The van der Waals surface area contributed by atoms with Crippen molar-refractivity contribution in [1.82, 2.24) is 0 Å². The van der Waals surface area contributed by atoms with Gasteiger partial charge in [0.05, 0.1) is 13.2 Å². The summed E-state index contributed by atoms with van der Waals surface area (Å²) in [5.41, 5.74) is -0.973. The van der Waals surface area contributed by atoms with Gasteiger partial charge in [-0.15, -0.1) is 0 Å². The number of rotatable bonds is 2. The van der Waals surface area contributed by atoms with Gasteiger partial charge in [-0.25, -0.2) is 0 Å². The van der Waals surface area contributed by atoms with Crippen LogP contribution in [0.15, 0.2) is 0 Å². The van der Waals surface area contributed by atoms with Gasteiger partial charge in [-0.05, 0) is 6.92 Å². The molecule has 1 atom stereocenters. The van der Waals surface area contributed by atoms with Crippen LogP contribution in [-0.4, -0.2) is 55.4 Å². The minimum atomic E-state index is -2.20. The van der Waals surface area contributed by atoms with E-state index in [1.165, 1.54) is 7.11 Å². The van der Waals surface area contributed by atoms with Crippen LogP contribution in [0.1, 0.15) is 6.92 Å². The molecule has 0 aromatic heterocycles. The van der Waals surface area contributed by atoms with E-state index in [0.29, 0.717) is 13.2 Å². The molecule has 1 heterocycles. The number of hydrogen-bond acceptors (Lipinski definition) is 4. The van der Waals surface area contributed by atoms with Crippen LogP contribution in [0.25, 0.3) is 0 Å². The van der Waals surface area contributed by atoms with Gasteiger partial charge in [-0.2, -0.15) is 0 Å². The zero-order chi connectivity index (χ0) is 7.61. The molecule has 62 valence electrons. The van der Waals surface area contributed by atoms with Crippen molar-refractivity contribution >= 4 is 37.6 Å². The molecule has 0 aliphatic carbocycles. The molecule has 11 heavy (non-hydrogen) atoms. The first kappa shape index (κ1) is 12.1. The van der Waals surface area contributed by atoms with E-state index in [1.54, 1.807) is 6.92 Å². The van der Waals surface area contributed by atoms with Crippen LogP contribution < -0.4 is 0 Å². The summed E-state index contributed by atoms with van der Waals surface area (Å²) in [4.78, 5) is 0. The zero-order valence-corrected chi connectivity index (χ0v) is 7.05. The van der Waals surface area contributed by atoms with Crippen molar-refractivity contribution in [3.63, 3.8) is 0 Å². The third kappa shape index (κ3) is 2.81. The Morgan fingerprint density at radius 2 is 1.91 bits per heavy atom. The van der Waals surface area contributed by atoms with Gasteiger partial charge in [0.2, 0.25) is 13.6 Å². The van der Waals surface area contributed by atoms with E-state index in [4.69, 9.17) is 9.47 Å². The van der Waals surface area contributed by atoms with Gasteiger partial charge in [0.1, 0.15) is 0 Å². The first-order chi connectivity index (χ1) is 4.69. The second kappa shape index (κ2) is 4.97. The van der Waals surface area contributed by atoms with E-state index < -0.39 is 13.6 Å². The van der Waals surface area contributed by atoms with Gasteiger partial charge in [0.25, 0.3) is 0 Å². The van der Waals surface area contributed by atoms with Crippen molar-refractivity contribution in [2.45, 2.75) is 12.5 Å². The Hall–Kier alpha value is 1.11. The number of ether oxygens (including phenoxy) is 2. The average molecular weight is 190 g/mol. The van der Waals surface area contributed by atoms with Crippen molar-refractivity contribution in [3.8, 4) is 0 Å². The van der Waals surface area contributed by atoms with Gasteiger partial charge >= 0.3 is 29.6 Å². The fourth-order valence-electron chi connectivity index (χ4n) is 0.818. The molecule has 0 aromatic rings. The van der Waals surface area contributed by atoms with E-state index in [0.717, 1.165) is 0 Å². The Labute approximate surface area is 88.7 Å². The van der Waals surface area contributed by atoms with Gasteiger partial charge in [-0.3, -0.25) is 4.57 Å². The summed E-state index contributed by atoms with van der Waals surface area (Å²) < 4.78 is 25.8. The monoisotopic (exact) mass is 190 g/mol. The summed E-state index contributed by atoms with van der Waals surface area (Å²) in [6.07, 6.45) is 0. The van der Waals surface area contributed by atoms with Crippen LogP contribution in [0.2, 0.25) is 0 Å². The van der Waals surface area contributed by atoms with Crippen LogP contribution in [0, 0.1) is 0 Å². The normalized spacial score (nSPS) is 24.2. The molecule has 0 amide bonds. The fourth-order valence-corrected chi connectivity index (χ4v) is 1.63. The molecule has 0 N–H and O–H groups in total. The van der Waals surface area contributed by atoms with Crippen LogP contribution in [0.4, 0.5) is 0 Å².